The number of nitrogens with zero attached hydrogens (tertiary/aromatic N) is 2. The summed E-state index contributed by atoms with van der Waals surface area (Å²) >= 11 is 0. The standard InChI is InChI=1S/C12H12F3N3O/c1-6-3-7(2)10(16)8(4-6)11-17-9(18-19-11)5-12(13,14)15/h3-4H,5,16H2,1-2H3. The van der Waals surface area contributed by atoms with Crippen molar-refractivity contribution in [3.05, 3.63) is 29.1 Å². The van der Waals surface area contributed by atoms with E-state index in [1.165, 1.54) is 0 Å². The predicted octanol–water partition coefficient (Wildman–Crippen LogP) is 3.04. The van der Waals surface area contributed by atoms with E-state index in [0.29, 0.717) is 11.3 Å². The molecule has 0 fully saturated rings. The van der Waals surface area contributed by atoms with Gasteiger partial charge in [0.1, 0.15) is 6.42 Å². The Balaban J connectivity index is 2.38. The number of anilines is 1. The first-order valence-electron chi connectivity index (χ1n) is 5.52. The zero-order valence-corrected chi connectivity index (χ0v) is 10.4. The molecule has 19 heavy (non-hydrogen) atoms. The Hall–Kier alpha value is -2.05. The van der Waals surface area contributed by atoms with Crippen LogP contribution in [0.4, 0.5) is 18.9 Å². The van der Waals surface area contributed by atoms with Gasteiger partial charge in [-0.1, -0.05) is 11.2 Å². The number of nitrogen functional groups attached to an aromatic ring is 1. The van der Waals surface area contributed by atoms with Crippen molar-refractivity contribution in [2.45, 2.75) is 26.4 Å². The molecule has 2 rings (SSSR count). The molecule has 0 spiro atoms. The Bertz CT molecular complexity index is 605. The number of hydrogen-bond donors (Lipinski definition) is 1. The number of halogens is 3. The van der Waals surface area contributed by atoms with E-state index in [-0.39, 0.29) is 5.89 Å². The SMILES string of the molecule is Cc1cc(C)c(N)c(-c2nc(CC(F)(F)F)no2)c1. The Morgan fingerprint density at radius 3 is 2.58 bits per heavy atom. The van der Waals surface area contributed by atoms with Crippen molar-refractivity contribution < 1.29 is 17.7 Å². The minimum absolute atomic E-state index is 0.00329. The lowest BCUT2D eigenvalue weighted by molar-refractivity contribution is -0.128. The molecule has 0 atom stereocenters. The van der Waals surface area contributed by atoms with Crippen LogP contribution in [-0.2, 0) is 6.42 Å². The first-order valence-corrected chi connectivity index (χ1v) is 5.52. The molecule has 2 N–H and O–H groups in total. The van der Waals surface area contributed by atoms with E-state index in [1.54, 1.807) is 13.0 Å². The summed E-state index contributed by atoms with van der Waals surface area (Å²) in [6.07, 6.45) is -5.59. The second-order valence-corrected chi connectivity index (χ2v) is 4.35. The second-order valence-electron chi connectivity index (χ2n) is 4.35. The Kier molecular flexibility index (Phi) is 3.21. The molecular weight excluding hydrogens is 259 g/mol. The average molecular weight is 271 g/mol. The van der Waals surface area contributed by atoms with Crippen molar-refractivity contribution in [2.24, 2.45) is 0 Å². The minimum Gasteiger partial charge on any atom is -0.398 e. The molecule has 0 bridgehead atoms. The fourth-order valence-electron chi connectivity index (χ4n) is 1.77. The van der Waals surface area contributed by atoms with E-state index in [9.17, 15) is 13.2 Å². The quantitative estimate of drug-likeness (QED) is 0.852. The molecule has 0 unspecified atom stereocenters. The summed E-state index contributed by atoms with van der Waals surface area (Å²) in [5.41, 5.74) is 8.48. The lowest BCUT2D eigenvalue weighted by Crippen LogP contribution is -2.12. The van der Waals surface area contributed by atoms with E-state index in [1.807, 2.05) is 13.0 Å². The van der Waals surface area contributed by atoms with Crippen molar-refractivity contribution in [2.75, 3.05) is 5.73 Å². The highest BCUT2D eigenvalue weighted by Crippen LogP contribution is 2.29. The molecule has 0 saturated heterocycles. The summed E-state index contributed by atoms with van der Waals surface area (Å²) in [6.45, 7) is 3.65. The minimum atomic E-state index is -4.37. The van der Waals surface area contributed by atoms with E-state index < -0.39 is 18.4 Å². The maximum Gasteiger partial charge on any atom is 0.396 e. The number of aryl methyl sites for hydroxylation is 2. The summed E-state index contributed by atoms with van der Waals surface area (Å²) in [6, 6.07) is 3.57. The smallest absolute Gasteiger partial charge is 0.396 e. The number of hydrogen-bond acceptors (Lipinski definition) is 4. The Morgan fingerprint density at radius 2 is 1.95 bits per heavy atom. The Morgan fingerprint density at radius 1 is 1.26 bits per heavy atom. The molecule has 1 aromatic heterocycles. The van der Waals surface area contributed by atoms with Crippen LogP contribution in [0, 0.1) is 13.8 Å². The fourth-order valence-corrected chi connectivity index (χ4v) is 1.77. The molecule has 0 saturated carbocycles. The zero-order valence-electron chi connectivity index (χ0n) is 10.4. The van der Waals surface area contributed by atoms with Gasteiger partial charge in [0.05, 0.1) is 5.56 Å². The normalized spacial score (nSPS) is 11.8. The van der Waals surface area contributed by atoms with Crippen LogP contribution in [0.5, 0.6) is 0 Å². The molecule has 0 aliphatic carbocycles. The van der Waals surface area contributed by atoms with E-state index in [2.05, 4.69) is 10.1 Å². The summed E-state index contributed by atoms with van der Waals surface area (Å²) in [5.74, 6) is -0.399. The monoisotopic (exact) mass is 271 g/mol. The molecule has 0 aliphatic rings. The summed E-state index contributed by atoms with van der Waals surface area (Å²) in [5, 5.41) is 3.32. The van der Waals surface area contributed by atoms with Gasteiger partial charge >= 0.3 is 6.18 Å². The van der Waals surface area contributed by atoms with Gasteiger partial charge in [-0.2, -0.15) is 18.2 Å². The van der Waals surface area contributed by atoms with Crippen LogP contribution < -0.4 is 5.73 Å². The lowest BCUT2D eigenvalue weighted by Gasteiger charge is -2.06. The van der Waals surface area contributed by atoms with Crippen molar-refractivity contribution in [1.29, 1.82) is 0 Å². The van der Waals surface area contributed by atoms with Crippen LogP contribution in [0.3, 0.4) is 0 Å². The highest BCUT2D eigenvalue weighted by molar-refractivity contribution is 5.74. The fraction of sp³-hybridized carbons (Fsp3) is 0.333. The topological polar surface area (TPSA) is 64.9 Å². The molecule has 1 aromatic carbocycles. The number of nitrogens with two attached hydrogens (primary N) is 1. The van der Waals surface area contributed by atoms with E-state index >= 15 is 0 Å². The third-order valence-electron chi connectivity index (χ3n) is 2.59. The molecule has 0 radical (unpaired) electrons. The van der Waals surface area contributed by atoms with Gasteiger partial charge in [0.2, 0.25) is 0 Å². The van der Waals surface area contributed by atoms with E-state index in [4.69, 9.17) is 10.3 Å². The lowest BCUT2D eigenvalue weighted by atomic mass is 10.0. The maximum absolute atomic E-state index is 12.2. The van der Waals surface area contributed by atoms with Gasteiger partial charge in [-0.05, 0) is 31.0 Å². The van der Waals surface area contributed by atoms with Crippen molar-refractivity contribution >= 4 is 5.69 Å². The summed E-state index contributed by atoms with van der Waals surface area (Å²) < 4.78 is 41.5. The third-order valence-corrected chi connectivity index (χ3v) is 2.59. The van der Waals surface area contributed by atoms with Crippen LogP contribution >= 0.6 is 0 Å². The van der Waals surface area contributed by atoms with Gasteiger partial charge in [0.15, 0.2) is 5.82 Å². The van der Waals surface area contributed by atoms with Gasteiger partial charge in [0, 0.05) is 5.69 Å². The number of aromatic nitrogens is 2. The number of benzene rings is 1. The van der Waals surface area contributed by atoms with Crippen LogP contribution in [-0.4, -0.2) is 16.3 Å². The first-order chi connectivity index (χ1) is 8.76. The third kappa shape index (κ3) is 3.04. The molecule has 0 aliphatic heterocycles. The number of rotatable bonds is 2. The second kappa shape index (κ2) is 4.56. The zero-order chi connectivity index (χ0) is 14.2. The molecule has 102 valence electrons. The van der Waals surface area contributed by atoms with Crippen molar-refractivity contribution in [3.8, 4) is 11.5 Å². The molecule has 0 amide bonds. The van der Waals surface area contributed by atoms with Crippen LogP contribution in [0.1, 0.15) is 17.0 Å². The van der Waals surface area contributed by atoms with Crippen LogP contribution in [0.2, 0.25) is 0 Å². The van der Waals surface area contributed by atoms with Gasteiger partial charge < -0.3 is 10.3 Å². The molecule has 7 heteroatoms. The summed E-state index contributed by atoms with van der Waals surface area (Å²) in [7, 11) is 0. The predicted molar refractivity (Wildman–Crippen MR) is 63.4 cm³/mol. The summed E-state index contributed by atoms with van der Waals surface area (Å²) in [4.78, 5) is 3.73. The van der Waals surface area contributed by atoms with Gasteiger partial charge in [-0.15, -0.1) is 0 Å². The highest BCUT2D eigenvalue weighted by Gasteiger charge is 2.30. The van der Waals surface area contributed by atoms with Crippen LogP contribution in [0.25, 0.3) is 11.5 Å². The molecule has 1 heterocycles. The van der Waals surface area contributed by atoms with Crippen molar-refractivity contribution in [3.63, 3.8) is 0 Å². The van der Waals surface area contributed by atoms with Gasteiger partial charge in [0.25, 0.3) is 5.89 Å². The highest BCUT2D eigenvalue weighted by atomic mass is 19.4. The number of alkyl halides is 3. The maximum atomic E-state index is 12.2. The van der Waals surface area contributed by atoms with Crippen LogP contribution in [0.15, 0.2) is 16.7 Å². The van der Waals surface area contributed by atoms with Gasteiger partial charge in [-0.25, -0.2) is 0 Å². The molecular formula is C12H12F3N3O. The molecule has 2 aromatic rings. The van der Waals surface area contributed by atoms with Crippen molar-refractivity contribution in [1.82, 2.24) is 10.1 Å². The molecule has 4 nitrogen and oxygen atoms in total. The average Bonchev–Trinajstić information content (AvgIpc) is 2.69. The van der Waals surface area contributed by atoms with Gasteiger partial charge in [-0.3, -0.25) is 0 Å². The largest absolute Gasteiger partial charge is 0.398 e. The van der Waals surface area contributed by atoms with E-state index in [0.717, 1.165) is 11.1 Å². The first kappa shape index (κ1) is 13.4. The Labute approximate surface area is 107 Å².